The van der Waals surface area contributed by atoms with Crippen LogP contribution in [0.2, 0.25) is 10.0 Å². The maximum atomic E-state index is 13.1. The van der Waals surface area contributed by atoms with Gasteiger partial charge in [-0.15, -0.1) is 0 Å². The van der Waals surface area contributed by atoms with Gasteiger partial charge in [0.25, 0.3) is 0 Å². The average Bonchev–Trinajstić information content (AvgIpc) is 3.15. The number of hydrogen-bond acceptors (Lipinski definition) is 7. The largest absolute Gasteiger partial charge is 0.497 e. The number of carbonyl (C=O) groups excluding carboxylic acids is 2. The highest BCUT2D eigenvalue weighted by Gasteiger charge is 2.62. The van der Waals surface area contributed by atoms with Gasteiger partial charge in [0.05, 0.1) is 26.7 Å². The fraction of sp³-hybridized carbons (Fsp3) is 0.364. The Bertz CT molecular complexity index is 1050. The van der Waals surface area contributed by atoms with Crippen molar-refractivity contribution < 1.29 is 28.7 Å². The SMILES string of the molecule is CCOC(=O)[C@@H]1[C@@H](c2ccc(OC)cc2)[C@H]([N+](=O)[O-])[C@H](c2ccc(Cl)cc2Cl)N1C(=O)OC. The lowest BCUT2D eigenvalue weighted by Crippen LogP contribution is -2.44. The van der Waals surface area contributed by atoms with E-state index in [0.29, 0.717) is 16.3 Å². The fourth-order valence-electron chi connectivity index (χ4n) is 4.24. The van der Waals surface area contributed by atoms with Crippen LogP contribution >= 0.6 is 23.2 Å². The monoisotopic (exact) mass is 496 g/mol. The van der Waals surface area contributed by atoms with E-state index in [1.165, 1.54) is 25.3 Å². The number of carbonyl (C=O) groups is 2. The van der Waals surface area contributed by atoms with E-state index in [0.717, 1.165) is 12.0 Å². The zero-order chi connectivity index (χ0) is 24.3. The molecule has 2 aromatic carbocycles. The van der Waals surface area contributed by atoms with Crippen LogP contribution in [0.25, 0.3) is 0 Å². The Labute approximate surface area is 200 Å². The summed E-state index contributed by atoms with van der Waals surface area (Å²) in [5.74, 6) is -1.31. The van der Waals surface area contributed by atoms with Gasteiger partial charge in [-0.05, 0) is 36.8 Å². The van der Waals surface area contributed by atoms with Crippen LogP contribution in [-0.2, 0) is 14.3 Å². The lowest BCUT2D eigenvalue weighted by molar-refractivity contribution is -0.528. The van der Waals surface area contributed by atoms with Crippen LogP contribution in [0.1, 0.15) is 30.0 Å². The third kappa shape index (κ3) is 4.69. The highest BCUT2D eigenvalue weighted by molar-refractivity contribution is 6.35. The van der Waals surface area contributed by atoms with Crippen LogP contribution < -0.4 is 4.74 Å². The van der Waals surface area contributed by atoms with Gasteiger partial charge in [0.2, 0.25) is 6.04 Å². The molecule has 9 nitrogen and oxygen atoms in total. The minimum absolute atomic E-state index is 0.0230. The Morgan fingerprint density at radius 2 is 1.79 bits per heavy atom. The van der Waals surface area contributed by atoms with Gasteiger partial charge < -0.3 is 14.2 Å². The van der Waals surface area contributed by atoms with Crippen LogP contribution in [0.3, 0.4) is 0 Å². The lowest BCUT2D eigenvalue weighted by Gasteiger charge is -2.28. The molecule has 0 N–H and O–H groups in total. The molecule has 0 aromatic heterocycles. The van der Waals surface area contributed by atoms with Crippen LogP contribution in [0.4, 0.5) is 4.79 Å². The molecule has 1 fully saturated rings. The zero-order valence-corrected chi connectivity index (χ0v) is 19.6. The molecule has 0 aliphatic carbocycles. The van der Waals surface area contributed by atoms with Crippen molar-refractivity contribution in [2.75, 3.05) is 20.8 Å². The number of halogens is 2. The Kier molecular flexibility index (Phi) is 7.65. The number of hydrogen-bond donors (Lipinski definition) is 0. The van der Waals surface area contributed by atoms with Gasteiger partial charge in [-0.2, -0.15) is 0 Å². The summed E-state index contributed by atoms with van der Waals surface area (Å²) in [4.78, 5) is 39.0. The second kappa shape index (κ2) is 10.3. The molecule has 0 unspecified atom stereocenters. The first-order chi connectivity index (χ1) is 15.7. The van der Waals surface area contributed by atoms with E-state index in [-0.39, 0.29) is 17.2 Å². The van der Waals surface area contributed by atoms with Crippen molar-refractivity contribution in [1.29, 1.82) is 0 Å². The van der Waals surface area contributed by atoms with Gasteiger partial charge in [0, 0.05) is 20.5 Å². The molecule has 11 heteroatoms. The van der Waals surface area contributed by atoms with E-state index in [1.807, 2.05) is 0 Å². The van der Waals surface area contributed by atoms with E-state index in [2.05, 4.69) is 0 Å². The number of nitrogens with zero attached hydrogens (tertiary/aromatic N) is 2. The quantitative estimate of drug-likeness (QED) is 0.329. The van der Waals surface area contributed by atoms with Crippen molar-refractivity contribution in [3.63, 3.8) is 0 Å². The summed E-state index contributed by atoms with van der Waals surface area (Å²) in [5.41, 5.74) is 0.718. The minimum Gasteiger partial charge on any atom is -0.497 e. The third-order valence-electron chi connectivity index (χ3n) is 5.57. The molecule has 3 rings (SSSR count). The predicted octanol–water partition coefficient (Wildman–Crippen LogP) is 4.49. The Morgan fingerprint density at radius 3 is 2.30 bits per heavy atom. The summed E-state index contributed by atoms with van der Waals surface area (Å²) >= 11 is 12.4. The molecule has 176 valence electrons. The summed E-state index contributed by atoms with van der Waals surface area (Å²) in [5, 5.41) is 12.9. The first-order valence-corrected chi connectivity index (χ1v) is 10.8. The molecule has 1 saturated heterocycles. The normalized spacial score (nSPS) is 22.0. The molecule has 4 atom stereocenters. The van der Waals surface area contributed by atoms with E-state index in [1.54, 1.807) is 31.2 Å². The van der Waals surface area contributed by atoms with Crippen molar-refractivity contribution in [1.82, 2.24) is 4.90 Å². The third-order valence-corrected chi connectivity index (χ3v) is 6.13. The molecule has 2 aromatic rings. The molecule has 1 aliphatic rings. The van der Waals surface area contributed by atoms with Gasteiger partial charge in [-0.25, -0.2) is 9.59 Å². The number of methoxy groups -OCH3 is 2. The molecule has 1 aliphatic heterocycles. The first kappa shape index (κ1) is 24.6. The second-order valence-electron chi connectivity index (χ2n) is 7.26. The van der Waals surface area contributed by atoms with Gasteiger partial charge in [-0.3, -0.25) is 15.0 Å². The molecular formula is C22H22Cl2N2O7. The first-order valence-electron chi connectivity index (χ1n) is 10.00. The van der Waals surface area contributed by atoms with E-state index in [4.69, 9.17) is 37.4 Å². The highest BCUT2D eigenvalue weighted by atomic mass is 35.5. The van der Waals surface area contributed by atoms with Crippen LogP contribution in [0.15, 0.2) is 42.5 Å². The lowest BCUT2D eigenvalue weighted by atomic mass is 9.85. The number of ether oxygens (including phenoxy) is 3. The Hall–Kier alpha value is -3.04. The number of nitro groups is 1. The summed E-state index contributed by atoms with van der Waals surface area (Å²) in [7, 11) is 2.62. The standard InChI is InChI=1S/C22H22Cl2N2O7/c1-4-33-21(27)20-17(12-5-8-14(31-2)9-6-12)19(26(29)30)18(25(20)22(28)32-3)15-10-7-13(23)11-16(15)24/h5-11,17-20H,4H2,1-3H3/t17-,18-,19-,20-/m0/s1. The number of likely N-dealkylation sites (tertiary alicyclic amines) is 1. The Balaban J connectivity index is 2.28. The number of esters is 1. The maximum Gasteiger partial charge on any atom is 0.411 e. The van der Waals surface area contributed by atoms with Crippen molar-refractivity contribution >= 4 is 35.3 Å². The van der Waals surface area contributed by atoms with Gasteiger partial charge in [-0.1, -0.05) is 41.4 Å². The van der Waals surface area contributed by atoms with E-state index < -0.39 is 41.0 Å². The summed E-state index contributed by atoms with van der Waals surface area (Å²) in [6.45, 7) is 1.63. The van der Waals surface area contributed by atoms with Crippen molar-refractivity contribution in [2.24, 2.45) is 0 Å². The average molecular weight is 497 g/mol. The zero-order valence-electron chi connectivity index (χ0n) is 18.1. The van der Waals surface area contributed by atoms with E-state index >= 15 is 0 Å². The second-order valence-corrected chi connectivity index (χ2v) is 8.10. The summed E-state index contributed by atoms with van der Waals surface area (Å²) in [6.07, 6.45) is -0.924. The fourth-order valence-corrected chi connectivity index (χ4v) is 4.76. The van der Waals surface area contributed by atoms with Crippen molar-refractivity contribution in [2.45, 2.75) is 31.0 Å². The minimum atomic E-state index is -1.44. The van der Waals surface area contributed by atoms with Gasteiger partial charge >= 0.3 is 12.1 Å². The molecule has 1 amide bonds. The highest BCUT2D eigenvalue weighted by Crippen LogP contribution is 2.49. The topological polar surface area (TPSA) is 108 Å². The smallest absolute Gasteiger partial charge is 0.411 e. The summed E-state index contributed by atoms with van der Waals surface area (Å²) < 4.78 is 15.3. The van der Waals surface area contributed by atoms with Crippen LogP contribution in [-0.4, -0.2) is 54.8 Å². The van der Waals surface area contributed by atoms with Crippen molar-refractivity contribution in [3.8, 4) is 5.75 Å². The number of amides is 1. The predicted molar refractivity (Wildman–Crippen MR) is 120 cm³/mol. The van der Waals surface area contributed by atoms with Crippen LogP contribution in [0, 0.1) is 10.1 Å². The Morgan fingerprint density at radius 1 is 1.12 bits per heavy atom. The molecule has 0 radical (unpaired) electrons. The molecule has 0 bridgehead atoms. The molecule has 0 saturated carbocycles. The number of benzene rings is 2. The molecule has 0 spiro atoms. The summed E-state index contributed by atoms with van der Waals surface area (Å²) in [6, 6.07) is 6.92. The molecular weight excluding hydrogens is 475 g/mol. The van der Waals surface area contributed by atoms with Crippen LogP contribution in [0.5, 0.6) is 5.75 Å². The van der Waals surface area contributed by atoms with Gasteiger partial charge in [0.1, 0.15) is 17.8 Å². The number of rotatable bonds is 6. The van der Waals surface area contributed by atoms with E-state index in [9.17, 15) is 19.7 Å². The molecule has 1 heterocycles. The molecule has 33 heavy (non-hydrogen) atoms. The van der Waals surface area contributed by atoms with Gasteiger partial charge in [0.15, 0.2) is 0 Å². The maximum absolute atomic E-state index is 13.1. The van der Waals surface area contributed by atoms with Crippen molar-refractivity contribution in [3.05, 3.63) is 73.8 Å².